The van der Waals surface area contributed by atoms with Crippen LogP contribution in [-0.2, 0) is 14.4 Å². The summed E-state index contributed by atoms with van der Waals surface area (Å²) in [6, 6.07) is 9.20. The zero-order valence-corrected chi connectivity index (χ0v) is 18.3. The van der Waals surface area contributed by atoms with E-state index < -0.39 is 5.25 Å². The number of nitrogens with zero attached hydrogens (tertiary/aromatic N) is 1. The van der Waals surface area contributed by atoms with Gasteiger partial charge in [-0.25, -0.2) is 4.90 Å². The lowest BCUT2D eigenvalue weighted by Crippen LogP contribution is -2.56. The summed E-state index contributed by atoms with van der Waals surface area (Å²) in [5.41, 5.74) is 0.883. The zero-order valence-electron chi connectivity index (χ0n) is 17.5. The monoisotopic (exact) mass is 426 g/mol. The highest BCUT2D eigenvalue weighted by Gasteiger charge is 2.53. The zero-order chi connectivity index (χ0) is 20.9. The number of hydrogen-bond donors (Lipinski definition) is 1. The molecule has 160 valence electrons. The molecule has 1 heterocycles. The second-order valence-corrected chi connectivity index (χ2v) is 11.2. The van der Waals surface area contributed by atoms with Crippen LogP contribution in [0.1, 0.15) is 51.9 Å². The molecule has 30 heavy (non-hydrogen) atoms. The van der Waals surface area contributed by atoms with Crippen molar-refractivity contribution in [2.75, 3.05) is 10.7 Å². The van der Waals surface area contributed by atoms with E-state index in [1.54, 1.807) is 12.1 Å². The van der Waals surface area contributed by atoms with Crippen molar-refractivity contribution in [2.24, 2.45) is 23.2 Å². The molecule has 1 aromatic carbocycles. The van der Waals surface area contributed by atoms with Gasteiger partial charge in [-0.3, -0.25) is 14.4 Å². The summed E-state index contributed by atoms with van der Waals surface area (Å²) >= 11 is 1.30. The molecule has 1 N–H and O–H groups in total. The van der Waals surface area contributed by atoms with Crippen molar-refractivity contribution in [3.05, 3.63) is 30.3 Å². The standard InChI is InChI=1S/C24H30N2O3S/c1-15(24-11-16-7-17(12-24)9-18(8-16)13-24)25-21(27)14-30-20-10-22(28)26(23(20)29)19-5-3-2-4-6-19/h2-6,15-18,20H,7-14H2,1H3,(H,25,27)/t15-,16?,17?,18?,20+,24?/m0/s1. The maximum atomic E-state index is 12.7. The first-order valence-corrected chi connectivity index (χ1v) is 12.3. The smallest absolute Gasteiger partial charge is 0.247 e. The minimum absolute atomic E-state index is 0.0124. The van der Waals surface area contributed by atoms with Crippen molar-refractivity contribution >= 4 is 35.2 Å². The van der Waals surface area contributed by atoms with Gasteiger partial charge in [0.2, 0.25) is 17.7 Å². The molecule has 4 saturated carbocycles. The molecule has 4 bridgehead atoms. The maximum absolute atomic E-state index is 12.7. The lowest BCUT2D eigenvalue weighted by atomic mass is 9.48. The second-order valence-electron chi connectivity index (χ2n) is 9.98. The van der Waals surface area contributed by atoms with Crippen LogP contribution < -0.4 is 10.2 Å². The van der Waals surface area contributed by atoms with E-state index in [0.717, 1.165) is 17.8 Å². The topological polar surface area (TPSA) is 66.5 Å². The Morgan fingerprint density at radius 1 is 1.10 bits per heavy atom. The van der Waals surface area contributed by atoms with E-state index in [-0.39, 0.29) is 41.4 Å². The number of para-hydroxylation sites is 1. The Bertz CT molecular complexity index is 820. The van der Waals surface area contributed by atoms with E-state index in [0.29, 0.717) is 5.69 Å². The van der Waals surface area contributed by atoms with Crippen molar-refractivity contribution in [3.63, 3.8) is 0 Å². The van der Waals surface area contributed by atoms with Gasteiger partial charge in [0.15, 0.2) is 0 Å². The Balaban J connectivity index is 1.16. The van der Waals surface area contributed by atoms with Crippen molar-refractivity contribution in [1.82, 2.24) is 5.32 Å². The number of carbonyl (C=O) groups is 3. The number of imide groups is 1. The maximum Gasteiger partial charge on any atom is 0.247 e. The summed E-state index contributed by atoms with van der Waals surface area (Å²) in [7, 11) is 0. The highest BCUT2D eigenvalue weighted by atomic mass is 32.2. The molecule has 3 amide bonds. The first-order chi connectivity index (χ1) is 14.4. The molecule has 5 nitrogen and oxygen atoms in total. The van der Waals surface area contributed by atoms with Gasteiger partial charge in [0.25, 0.3) is 0 Å². The molecule has 1 aliphatic heterocycles. The Hall–Kier alpha value is -1.82. The molecule has 1 saturated heterocycles. The van der Waals surface area contributed by atoms with Gasteiger partial charge in [-0.1, -0.05) is 18.2 Å². The number of hydrogen-bond acceptors (Lipinski definition) is 4. The molecular weight excluding hydrogens is 396 g/mol. The number of benzene rings is 1. The summed E-state index contributed by atoms with van der Waals surface area (Å²) in [5.74, 6) is 2.39. The van der Waals surface area contributed by atoms with Crippen LogP contribution >= 0.6 is 11.8 Å². The van der Waals surface area contributed by atoms with E-state index >= 15 is 0 Å². The van der Waals surface area contributed by atoms with Crippen LogP contribution in [0.25, 0.3) is 0 Å². The number of rotatable bonds is 6. The van der Waals surface area contributed by atoms with Crippen molar-refractivity contribution in [2.45, 2.75) is 63.2 Å². The third-order valence-electron chi connectivity index (χ3n) is 7.92. The molecule has 0 aromatic heterocycles. The normalized spacial score (nSPS) is 35.7. The van der Waals surface area contributed by atoms with E-state index in [2.05, 4.69) is 12.2 Å². The van der Waals surface area contributed by atoms with Gasteiger partial charge in [-0.15, -0.1) is 11.8 Å². The average Bonchev–Trinajstić information content (AvgIpc) is 2.99. The van der Waals surface area contributed by atoms with Gasteiger partial charge in [0, 0.05) is 12.5 Å². The lowest BCUT2D eigenvalue weighted by molar-refractivity contribution is -0.123. The van der Waals surface area contributed by atoms with Crippen molar-refractivity contribution < 1.29 is 14.4 Å². The van der Waals surface area contributed by atoms with Crippen LogP contribution in [0.5, 0.6) is 0 Å². The van der Waals surface area contributed by atoms with E-state index in [4.69, 9.17) is 0 Å². The third kappa shape index (κ3) is 3.57. The quantitative estimate of drug-likeness (QED) is 0.703. The number of anilines is 1. The molecule has 6 heteroatoms. The highest BCUT2D eigenvalue weighted by molar-refractivity contribution is 8.01. The first kappa shape index (κ1) is 20.1. The van der Waals surface area contributed by atoms with Crippen LogP contribution in [0, 0.1) is 23.2 Å². The Labute approximate surface area is 182 Å². The fourth-order valence-electron chi connectivity index (χ4n) is 6.90. The van der Waals surface area contributed by atoms with Crippen molar-refractivity contribution in [1.29, 1.82) is 0 Å². The minimum Gasteiger partial charge on any atom is -0.352 e. The van der Waals surface area contributed by atoms with Gasteiger partial charge >= 0.3 is 0 Å². The van der Waals surface area contributed by atoms with Crippen molar-refractivity contribution in [3.8, 4) is 0 Å². The molecule has 2 atom stereocenters. The summed E-state index contributed by atoms with van der Waals surface area (Å²) in [5, 5.41) is 2.79. The summed E-state index contributed by atoms with van der Waals surface area (Å²) < 4.78 is 0. The molecule has 0 spiro atoms. The van der Waals surface area contributed by atoms with Gasteiger partial charge in [0.1, 0.15) is 0 Å². The van der Waals surface area contributed by atoms with E-state index in [1.807, 2.05) is 18.2 Å². The molecule has 6 rings (SSSR count). The number of amides is 3. The predicted molar refractivity (Wildman–Crippen MR) is 118 cm³/mol. The molecule has 4 aliphatic carbocycles. The SMILES string of the molecule is C[C@H](NC(=O)CS[C@@H]1CC(=O)N(c2ccccc2)C1=O)C12CC3CC(CC(C3)C1)C2. The number of thioether (sulfide) groups is 1. The predicted octanol–water partition coefficient (Wildman–Crippen LogP) is 3.77. The Kier molecular flexibility index (Phi) is 5.16. The average molecular weight is 427 g/mol. The molecule has 5 aliphatic rings. The van der Waals surface area contributed by atoms with Crippen LogP contribution in [-0.4, -0.2) is 34.8 Å². The Morgan fingerprint density at radius 2 is 1.70 bits per heavy atom. The molecule has 1 aromatic rings. The van der Waals surface area contributed by atoms with Crippen LogP contribution in [0.3, 0.4) is 0 Å². The number of nitrogens with one attached hydrogen (secondary N) is 1. The summed E-state index contributed by atoms with van der Waals surface area (Å²) in [6.45, 7) is 2.18. The van der Waals surface area contributed by atoms with Crippen LogP contribution in [0.15, 0.2) is 30.3 Å². The lowest BCUT2D eigenvalue weighted by Gasteiger charge is -2.59. The van der Waals surface area contributed by atoms with Gasteiger partial charge in [-0.05, 0) is 80.8 Å². The van der Waals surface area contributed by atoms with Crippen LogP contribution in [0.2, 0.25) is 0 Å². The molecule has 0 unspecified atom stereocenters. The molecule has 5 fully saturated rings. The van der Waals surface area contributed by atoms with E-state index in [1.165, 1.54) is 55.2 Å². The van der Waals surface area contributed by atoms with E-state index in [9.17, 15) is 14.4 Å². The van der Waals surface area contributed by atoms with Gasteiger partial charge < -0.3 is 5.32 Å². The second kappa shape index (κ2) is 7.70. The highest BCUT2D eigenvalue weighted by Crippen LogP contribution is 2.61. The summed E-state index contributed by atoms with van der Waals surface area (Å²) in [6.07, 6.45) is 8.12. The van der Waals surface area contributed by atoms with Gasteiger partial charge in [-0.2, -0.15) is 0 Å². The molecule has 0 radical (unpaired) electrons. The summed E-state index contributed by atoms with van der Waals surface area (Å²) in [4.78, 5) is 39.1. The fraction of sp³-hybridized carbons (Fsp3) is 0.625. The largest absolute Gasteiger partial charge is 0.352 e. The number of carbonyl (C=O) groups excluding carboxylic acids is 3. The third-order valence-corrected chi connectivity index (χ3v) is 9.12. The molecular formula is C24H30N2O3S. The van der Waals surface area contributed by atoms with Gasteiger partial charge in [0.05, 0.1) is 16.7 Å². The minimum atomic E-state index is -0.474. The van der Waals surface area contributed by atoms with Crippen LogP contribution in [0.4, 0.5) is 5.69 Å². The first-order valence-electron chi connectivity index (χ1n) is 11.3. The fourth-order valence-corrected chi connectivity index (χ4v) is 7.85. The Morgan fingerprint density at radius 3 is 2.30 bits per heavy atom.